The average molecular weight is 1170 g/mol. The zero-order valence-electron chi connectivity index (χ0n) is 55.2. The number of nitrogens with one attached hydrogen (secondary N) is 1. The van der Waals surface area contributed by atoms with Crippen molar-refractivity contribution >= 4 is 19.7 Å². The Bertz CT molecular complexity index is 1540. The molecule has 0 radical (unpaired) electrons. The number of likely N-dealkylation sites (N-methyl/N-ethyl adjacent to an activating group) is 1. The molecule has 0 fully saturated rings. The Kier molecular flexibility index (Phi) is 60.5. The fourth-order valence-corrected chi connectivity index (χ4v) is 11.2. The number of amides is 1. The van der Waals surface area contributed by atoms with Crippen molar-refractivity contribution in [2.24, 2.45) is 0 Å². The summed E-state index contributed by atoms with van der Waals surface area (Å²) in [6.07, 6.45) is 78.4. The molecule has 0 bridgehead atoms. The summed E-state index contributed by atoms with van der Waals surface area (Å²) in [6.45, 7) is 7.03. The molecule has 0 aromatic rings. The zero-order chi connectivity index (χ0) is 60.0. The second kappa shape index (κ2) is 62.0. The van der Waals surface area contributed by atoms with Gasteiger partial charge >= 0.3 is 13.8 Å². The van der Waals surface area contributed by atoms with Gasteiger partial charge in [0.05, 0.1) is 33.8 Å². The number of allylic oxidation sites excluding steroid dienone is 7. The van der Waals surface area contributed by atoms with Crippen LogP contribution in [0.25, 0.3) is 0 Å². The lowest BCUT2D eigenvalue weighted by Crippen LogP contribution is -2.47. The third-order valence-electron chi connectivity index (χ3n) is 16.0. The average Bonchev–Trinajstić information content (AvgIpc) is 3.47. The van der Waals surface area contributed by atoms with Gasteiger partial charge < -0.3 is 19.4 Å². The van der Waals surface area contributed by atoms with Crippen LogP contribution in [0.15, 0.2) is 48.6 Å². The van der Waals surface area contributed by atoms with E-state index in [0.29, 0.717) is 23.9 Å². The summed E-state index contributed by atoms with van der Waals surface area (Å²) >= 11 is 0. The van der Waals surface area contributed by atoms with E-state index >= 15 is 0 Å². The number of esters is 1. The third kappa shape index (κ3) is 62.5. The first-order chi connectivity index (χ1) is 39.9. The number of phosphoric ester groups is 1. The van der Waals surface area contributed by atoms with Crippen LogP contribution in [0.3, 0.4) is 0 Å². The van der Waals surface area contributed by atoms with E-state index < -0.39 is 20.0 Å². The number of phosphoric acid groups is 1. The highest BCUT2D eigenvalue weighted by molar-refractivity contribution is 7.47. The van der Waals surface area contributed by atoms with Gasteiger partial charge in [-0.05, 0) is 89.5 Å². The standard InChI is InChI=1S/C72H137N2O7P/c1-7-10-13-16-19-22-25-28-30-32-34-35-36-37-38-39-41-43-45-47-50-53-56-59-62-65-72(76)81-70(63-60-57-54-51-48-27-24-21-18-15-12-9-3)69(68-80-82(77,78)79-67-66-74(4,5)6)73-71(75)64-61-58-55-52-49-46-44-42-40-33-31-29-26-23-20-17-14-11-8-2/h20,23,28-31,60,63,69-70H,7-19,21-22,24-27,32-59,61-62,64-68H2,1-6H3,(H-,73,75,77,78)/p+1/b23-20-,30-28+,31-29-,63-60-. The highest BCUT2D eigenvalue weighted by Crippen LogP contribution is 2.43. The fourth-order valence-electron chi connectivity index (χ4n) is 10.5. The van der Waals surface area contributed by atoms with Gasteiger partial charge in [0.25, 0.3) is 0 Å². The van der Waals surface area contributed by atoms with E-state index in [1.54, 1.807) is 0 Å². The van der Waals surface area contributed by atoms with Crippen LogP contribution < -0.4 is 5.32 Å². The molecule has 0 aliphatic rings. The first kappa shape index (κ1) is 80.0. The predicted molar refractivity (Wildman–Crippen MR) is 355 cm³/mol. The van der Waals surface area contributed by atoms with E-state index in [-0.39, 0.29) is 25.1 Å². The largest absolute Gasteiger partial charge is 0.472 e. The molecule has 0 aliphatic carbocycles. The minimum absolute atomic E-state index is 0.0406. The van der Waals surface area contributed by atoms with Crippen LogP contribution in [0.2, 0.25) is 0 Å². The number of nitrogens with zero attached hydrogens (tertiary/aromatic N) is 1. The molecule has 0 rings (SSSR count). The van der Waals surface area contributed by atoms with Crippen molar-refractivity contribution in [1.82, 2.24) is 5.32 Å². The number of hydrogen-bond acceptors (Lipinski definition) is 6. The van der Waals surface area contributed by atoms with E-state index in [0.717, 1.165) is 64.2 Å². The number of quaternary nitrogens is 1. The molecular formula is C72H138N2O7P+. The molecule has 0 saturated heterocycles. The molecule has 10 heteroatoms. The van der Waals surface area contributed by atoms with Gasteiger partial charge in [0.1, 0.15) is 19.3 Å². The highest BCUT2D eigenvalue weighted by atomic mass is 31.2. The van der Waals surface area contributed by atoms with E-state index in [1.165, 1.54) is 250 Å². The highest BCUT2D eigenvalue weighted by Gasteiger charge is 2.30. The topological polar surface area (TPSA) is 111 Å². The van der Waals surface area contributed by atoms with Gasteiger partial charge in [-0.2, -0.15) is 0 Å². The van der Waals surface area contributed by atoms with Crippen molar-refractivity contribution in [2.45, 2.75) is 360 Å². The smallest absolute Gasteiger partial charge is 0.456 e. The Hall–Kier alpha value is -2.03. The van der Waals surface area contributed by atoms with Gasteiger partial charge in [-0.1, -0.05) is 294 Å². The lowest BCUT2D eigenvalue weighted by Gasteiger charge is -2.27. The molecule has 0 saturated carbocycles. The van der Waals surface area contributed by atoms with Gasteiger partial charge in [0, 0.05) is 12.8 Å². The lowest BCUT2D eigenvalue weighted by atomic mass is 10.0. The normalized spacial score (nSPS) is 13.8. The Morgan fingerprint density at radius 1 is 0.427 bits per heavy atom. The molecule has 482 valence electrons. The minimum atomic E-state index is -4.45. The molecule has 1 amide bonds. The van der Waals surface area contributed by atoms with Gasteiger partial charge in [-0.15, -0.1) is 0 Å². The number of carbonyl (C=O) groups excluding carboxylic acids is 2. The molecule has 0 heterocycles. The molecule has 0 aliphatic heterocycles. The first-order valence-electron chi connectivity index (χ1n) is 35.5. The molecule has 0 aromatic heterocycles. The molecule has 82 heavy (non-hydrogen) atoms. The van der Waals surface area contributed by atoms with Crippen molar-refractivity contribution in [2.75, 3.05) is 40.9 Å². The maximum absolute atomic E-state index is 13.6. The Morgan fingerprint density at radius 2 is 0.744 bits per heavy atom. The summed E-state index contributed by atoms with van der Waals surface area (Å²) in [5.74, 6) is -0.495. The molecular weight excluding hydrogens is 1040 g/mol. The van der Waals surface area contributed by atoms with Gasteiger partial charge in [-0.3, -0.25) is 18.6 Å². The predicted octanol–water partition coefficient (Wildman–Crippen LogP) is 22.4. The van der Waals surface area contributed by atoms with Crippen LogP contribution in [0.1, 0.15) is 348 Å². The van der Waals surface area contributed by atoms with Crippen LogP contribution in [0.5, 0.6) is 0 Å². The maximum atomic E-state index is 13.6. The summed E-state index contributed by atoms with van der Waals surface area (Å²) in [4.78, 5) is 37.9. The SMILES string of the molecule is CCCCC/C=C\C/C=C\CCCCCCCCCCCC(=O)NC(COP(=O)(O)OCC[N+](C)(C)C)C(/C=C\CCCCCCCCCCCC)OC(=O)CCCCCCCCCCCCCCCCC/C=C/CCCCCCCC. The van der Waals surface area contributed by atoms with Gasteiger partial charge in [0.2, 0.25) is 5.91 Å². The number of rotatable bonds is 65. The van der Waals surface area contributed by atoms with Crippen LogP contribution in [-0.2, 0) is 27.9 Å². The first-order valence-corrected chi connectivity index (χ1v) is 37.0. The maximum Gasteiger partial charge on any atom is 0.472 e. The van der Waals surface area contributed by atoms with Crippen LogP contribution >= 0.6 is 7.82 Å². The Balaban J connectivity index is 5.04. The van der Waals surface area contributed by atoms with E-state index in [1.807, 2.05) is 33.3 Å². The van der Waals surface area contributed by atoms with E-state index in [9.17, 15) is 19.0 Å². The second-order valence-electron chi connectivity index (χ2n) is 25.4. The minimum Gasteiger partial charge on any atom is -0.456 e. The molecule has 3 atom stereocenters. The van der Waals surface area contributed by atoms with Gasteiger partial charge in [0.15, 0.2) is 0 Å². The zero-order valence-corrected chi connectivity index (χ0v) is 56.1. The number of carbonyl (C=O) groups is 2. The number of ether oxygens (including phenoxy) is 1. The van der Waals surface area contributed by atoms with Crippen molar-refractivity contribution in [3.05, 3.63) is 48.6 Å². The monoisotopic (exact) mass is 1170 g/mol. The summed E-state index contributed by atoms with van der Waals surface area (Å²) in [6, 6.07) is -0.850. The van der Waals surface area contributed by atoms with Crippen molar-refractivity contribution < 1.29 is 37.3 Å². The van der Waals surface area contributed by atoms with Crippen LogP contribution in [0, 0.1) is 0 Å². The summed E-state index contributed by atoms with van der Waals surface area (Å²) in [5, 5.41) is 3.07. The summed E-state index contributed by atoms with van der Waals surface area (Å²) in [5.41, 5.74) is 0. The summed E-state index contributed by atoms with van der Waals surface area (Å²) in [7, 11) is 1.50. The summed E-state index contributed by atoms with van der Waals surface area (Å²) < 4.78 is 30.8. The number of hydrogen-bond donors (Lipinski definition) is 2. The van der Waals surface area contributed by atoms with E-state index in [4.69, 9.17) is 13.8 Å². The number of unbranched alkanes of at least 4 members (excludes halogenated alkanes) is 43. The van der Waals surface area contributed by atoms with Crippen molar-refractivity contribution in [3.8, 4) is 0 Å². The quantitative estimate of drug-likeness (QED) is 0.0205. The molecule has 9 nitrogen and oxygen atoms in total. The molecule has 0 spiro atoms. The molecule has 0 aromatic carbocycles. The van der Waals surface area contributed by atoms with Crippen LogP contribution in [-0.4, -0.2) is 74.3 Å². The molecule has 2 N–H and O–H groups in total. The van der Waals surface area contributed by atoms with Gasteiger partial charge in [-0.25, -0.2) is 4.57 Å². The Labute approximate surface area is 509 Å². The molecule has 3 unspecified atom stereocenters. The lowest BCUT2D eigenvalue weighted by molar-refractivity contribution is -0.870. The fraction of sp³-hybridized carbons (Fsp3) is 0.861. The van der Waals surface area contributed by atoms with Crippen molar-refractivity contribution in [3.63, 3.8) is 0 Å². The van der Waals surface area contributed by atoms with Crippen LogP contribution in [0.4, 0.5) is 0 Å². The van der Waals surface area contributed by atoms with Crippen molar-refractivity contribution in [1.29, 1.82) is 0 Å². The Morgan fingerprint density at radius 3 is 1.13 bits per heavy atom. The third-order valence-corrected chi connectivity index (χ3v) is 17.0. The van der Waals surface area contributed by atoms with E-state index in [2.05, 4.69) is 62.5 Å². The second-order valence-corrected chi connectivity index (χ2v) is 26.9.